The largest absolute Gasteiger partial charge is 0.478 e. The molecule has 1 atom stereocenters. The molecule has 0 bridgehead atoms. The van der Waals surface area contributed by atoms with E-state index in [1.54, 1.807) is 10.5 Å². The zero-order valence-corrected chi connectivity index (χ0v) is 11.4. The second-order valence-corrected chi connectivity index (χ2v) is 7.27. The average molecular weight is 295 g/mol. The Hall–Kier alpha value is -1.96. The van der Waals surface area contributed by atoms with Crippen molar-refractivity contribution in [1.82, 2.24) is 14.6 Å². The van der Waals surface area contributed by atoms with Crippen LogP contribution in [0, 0.1) is 5.92 Å². The number of fused-ring (bicyclic) bond motifs is 1. The summed E-state index contributed by atoms with van der Waals surface area (Å²) in [6.45, 7) is 0. The van der Waals surface area contributed by atoms with Crippen molar-refractivity contribution in [2.75, 3.05) is 11.5 Å². The molecule has 20 heavy (non-hydrogen) atoms. The molecule has 1 aliphatic rings. The van der Waals surface area contributed by atoms with Gasteiger partial charge in [-0.15, -0.1) is 10.2 Å². The van der Waals surface area contributed by atoms with E-state index in [1.165, 1.54) is 12.3 Å². The smallest absolute Gasteiger partial charge is 0.337 e. The minimum absolute atomic E-state index is 0.0286. The Kier molecular flexibility index (Phi) is 2.97. The predicted octanol–water partition coefficient (Wildman–Crippen LogP) is 0.405. The fourth-order valence-corrected chi connectivity index (χ4v) is 4.36. The van der Waals surface area contributed by atoms with E-state index in [-0.39, 0.29) is 23.0 Å². The molecule has 0 spiro atoms. The van der Waals surface area contributed by atoms with Crippen LogP contribution < -0.4 is 0 Å². The van der Waals surface area contributed by atoms with Gasteiger partial charge in [-0.1, -0.05) is 0 Å². The third-order valence-corrected chi connectivity index (χ3v) is 5.35. The van der Waals surface area contributed by atoms with Crippen LogP contribution in [0.5, 0.6) is 0 Å². The maximum atomic E-state index is 11.5. The standard InChI is InChI=1S/C12H13N3O4S/c16-12(17)9-1-2-10-13-14-11(15(10)6-9)5-8-3-4-20(18,19)7-8/h1-2,6,8H,3-5,7H2,(H,16,17). The molecule has 106 valence electrons. The van der Waals surface area contributed by atoms with Crippen molar-refractivity contribution in [2.24, 2.45) is 5.92 Å². The lowest BCUT2D eigenvalue weighted by Crippen LogP contribution is -2.10. The number of carbonyl (C=O) groups is 1. The van der Waals surface area contributed by atoms with E-state index in [2.05, 4.69) is 10.2 Å². The Morgan fingerprint density at radius 1 is 1.40 bits per heavy atom. The summed E-state index contributed by atoms with van der Waals surface area (Å²) in [6.07, 6.45) is 2.58. The molecular formula is C12H13N3O4S. The van der Waals surface area contributed by atoms with Crippen molar-refractivity contribution in [3.05, 3.63) is 29.7 Å². The Morgan fingerprint density at radius 3 is 2.85 bits per heavy atom. The van der Waals surface area contributed by atoms with Crippen molar-refractivity contribution in [3.8, 4) is 0 Å². The minimum Gasteiger partial charge on any atom is -0.478 e. The van der Waals surface area contributed by atoms with Crippen LogP contribution in [0.15, 0.2) is 18.3 Å². The van der Waals surface area contributed by atoms with Gasteiger partial charge in [0.15, 0.2) is 15.5 Å². The molecule has 0 aromatic carbocycles. The Morgan fingerprint density at radius 2 is 2.20 bits per heavy atom. The minimum atomic E-state index is -2.93. The third-order valence-electron chi connectivity index (χ3n) is 3.52. The fraction of sp³-hybridized carbons (Fsp3) is 0.417. The van der Waals surface area contributed by atoms with E-state index in [9.17, 15) is 13.2 Å². The van der Waals surface area contributed by atoms with Gasteiger partial charge >= 0.3 is 5.97 Å². The Balaban J connectivity index is 1.92. The van der Waals surface area contributed by atoms with E-state index < -0.39 is 15.8 Å². The SMILES string of the molecule is O=C(O)c1ccc2nnc(CC3CCS(=O)(=O)C3)n2c1. The summed E-state index contributed by atoms with van der Waals surface area (Å²) in [7, 11) is -2.93. The Labute approximate surface area is 115 Å². The topological polar surface area (TPSA) is 102 Å². The molecule has 1 unspecified atom stereocenters. The van der Waals surface area contributed by atoms with Crippen LogP contribution in [-0.4, -0.2) is 45.6 Å². The quantitative estimate of drug-likeness (QED) is 0.879. The van der Waals surface area contributed by atoms with E-state index in [0.29, 0.717) is 24.3 Å². The van der Waals surface area contributed by atoms with Crippen LogP contribution in [-0.2, 0) is 16.3 Å². The second-order valence-electron chi connectivity index (χ2n) is 5.04. The summed E-state index contributed by atoms with van der Waals surface area (Å²) in [5, 5.41) is 17.0. The second kappa shape index (κ2) is 4.55. The molecule has 0 radical (unpaired) electrons. The maximum Gasteiger partial charge on any atom is 0.337 e. The normalized spacial score (nSPS) is 21.3. The van der Waals surface area contributed by atoms with Crippen LogP contribution in [0.25, 0.3) is 5.65 Å². The number of pyridine rings is 1. The lowest BCUT2D eigenvalue weighted by atomic mass is 10.1. The van der Waals surface area contributed by atoms with Gasteiger partial charge < -0.3 is 5.11 Å². The number of carboxylic acid groups (broad SMARTS) is 1. The van der Waals surface area contributed by atoms with Gasteiger partial charge in [0.2, 0.25) is 0 Å². The number of nitrogens with zero attached hydrogens (tertiary/aromatic N) is 3. The van der Waals surface area contributed by atoms with Crippen LogP contribution in [0.2, 0.25) is 0 Å². The van der Waals surface area contributed by atoms with Gasteiger partial charge in [-0.25, -0.2) is 13.2 Å². The molecule has 3 rings (SSSR count). The van der Waals surface area contributed by atoms with Crippen LogP contribution >= 0.6 is 0 Å². The molecule has 2 aromatic rings. The predicted molar refractivity (Wildman–Crippen MR) is 70.4 cm³/mol. The summed E-state index contributed by atoms with van der Waals surface area (Å²) in [6, 6.07) is 3.06. The van der Waals surface area contributed by atoms with E-state index in [0.717, 1.165) is 0 Å². The molecule has 1 saturated heterocycles. The third kappa shape index (κ3) is 2.38. The van der Waals surface area contributed by atoms with E-state index in [1.807, 2.05) is 0 Å². The van der Waals surface area contributed by atoms with Gasteiger partial charge in [-0.05, 0) is 24.5 Å². The molecule has 1 N–H and O–H groups in total. The van der Waals surface area contributed by atoms with Gasteiger partial charge in [0.05, 0.1) is 17.1 Å². The van der Waals surface area contributed by atoms with Gasteiger partial charge in [-0.3, -0.25) is 4.40 Å². The number of hydrogen-bond acceptors (Lipinski definition) is 5. The first-order chi connectivity index (χ1) is 9.44. The number of aromatic carboxylic acids is 1. The van der Waals surface area contributed by atoms with Crippen LogP contribution in [0.1, 0.15) is 22.6 Å². The van der Waals surface area contributed by atoms with E-state index >= 15 is 0 Å². The van der Waals surface area contributed by atoms with Crippen molar-refractivity contribution in [3.63, 3.8) is 0 Å². The highest BCUT2D eigenvalue weighted by molar-refractivity contribution is 7.91. The lowest BCUT2D eigenvalue weighted by molar-refractivity contribution is 0.0696. The van der Waals surface area contributed by atoms with Crippen molar-refractivity contribution in [1.29, 1.82) is 0 Å². The van der Waals surface area contributed by atoms with Crippen molar-refractivity contribution < 1.29 is 18.3 Å². The van der Waals surface area contributed by atoms with Crippen molar-refractivity contribution >= 4 is 21.5 Å². The summed E-state index contributed by atoms with van der Waals surface area (Å²) < 4.78 is 24.5. The van der Waals surface area contributed by atoms with E-state index in [4.69, 9.17) is 5.11 Å². The monoisotopic (exact) mass is 295 g/mol. The highest BCUT2D eigenvalue weighted by atomic mass is 32.2. The average Bonchev–Trinajstić information content (AvgIpc) is 2.93. The summed E-state index contributed by atoms with van der Waals surface area (Å²) in [4.78, 5) is 11.0. The molecule has 0 amide bonds. The highest BCUT2D eigenvalue weighted by Gasteiger charge is 2.29. The maximum absolute atomic E-state index is 11.5. The number of carboxylic acids is 1. The number of hydrogen-bond donors (Lipinski definition) is 1. The molecule has 1 aliphatic heterocycles. The molecular weight excluding hydrogens is 282 g/mol. The summed E-state index contributed by atoms with van der Waals surface area (Å²) >= 11 is 0. The van der Waals surface area contributed by atoms with Gasteiger partial charge in [0.1, 0.15) is 5.82 Å². The summed E-state index contributed by atoms with van der Waals surface area (Å²) in [5.41, 5.74) is 0.712. The number of aromatic nitrogens is 3. The van der Waals surface area contributed by atoms with Gasteiger partial charge in [0, 0.05) is 12.6 Å². The zero-order valence-electron chi connectivity index (χ0n) is 10.6. The Bertz CT molecular complexity index is 781. The molecule has 7 nitrogen and oxygen atoms in total. The fourth-order valence-electron chi connectivity index (χ4n) is 2.50. The first-order valence-electron chi connectivity index (χ1n) is 6.22. The van der Waals surface area contributed by atoms with Crippen LogP contribution in [0.3, 0.4) is 0 Å². The number of sulfone groups is 1. The number of rotatable bonds is 3. The van der Waals surface area contributed by atoms with Gasteiger partial charge in [-0.2, -0.15) is 0 Å². The first kappa shape index (κ1) is 13.0. The molecule has 3 heterocycles. The molecule has 0 saturated carbocycles. The molecule has 1 fully saturated rings. The summed E-state index contributed by atoms with van der Waals surface area (Å²) in [5.74, 6) is -0.00365. The van der Waals surface area contributed by atoms with Crippen LogP contribution in [0.4, 0.5) is 0 Å². The zero-order chi connectivity index (χ0) is 14.3. The highest BCUT2D eigenvalue weighted by Crippen LogP contribution is 2.22. The van der Waals surface area contributed by atoms with Gasteiger partial charge in [0.25, 0.3) is 0 Å². The first-order valence-corrected chi connectivity index (χ1v) is 8.04. The van der Waals surface area contributed by atoms with Crippen molar-refractivity contribution in [2.45, 2.75) is 12.8 Å². The molecule has 8 heteroatoms. The lowest BCUT2D eigenvalue weighted by Gasteiger charge is -2.06. The molecule has 0 aliphatic carbocycles. The molecule has 2 aromatic heterocycles.